The summed E-state index contributed by atoms with van der Waals surface area (Å²) in [7, 11) is 0. The van der Waals surface area contributed by atoms with Gasteiger partial charge in [0.25, 0.3) is 5.91 Å². The van der Waals surface area contributed by atoms with Crippen LogP contribution < -0.4 is 5.48 Å². The standard InChI is InChI=1S/C19H20N4O2.C2H6/c1-3-5-6-17(4-2)18-14-23(22-20-18)13-16-9-7-15(8-10-16)11-12-19(24)21-25;1-2/h3-12,14,25H,2,13H2,1H3,(H,21,24);1-2H3/b5-3-,12-11+,17-6+;. The number of hydroxylamine groups is 1. The Hall–Kier alpha value is -3.25. The molecule has 0 unspecified atom stereocenters. The Morgan fingerprint density at radius 2 is 2.00 bits per heavy atom. The average molecular weight is 366 g/mol. The normalized spacial score (nSPS) is 11.3. The van der Waals surface area contributed by atoms with Crippen molar-refractivity contribution in [3.8, 4) is 0 Å². The Labute approximate surface area is 160 Å². The van der Waals surface area contributed by atoms with Gasteiger partial charge in [0, 0.05) is 11.6 Å². The molecule has 6 heteroatoms. The summed E-state index contributed by atoms with van der Waals surface area (Å²) in [5.41, 5.74) is 5.13. The third kappa shape index (κ3) is 7.25. The molecule has 0 spiro atoms. The first kappa shape index (κ1) is 21.8. The summed E-state index contributed by atoms with van der Waals surface area (Å²) in [6.07, 6.45) is 12.3. The highest BCUT2D eigenvalue weighted by atomic mass is 16.5. The fourth-order valence-electron chi connectivity index (χ4n) is 2.10. The van der Waals surface area contributed by atoms with Crippen molar-refractivity contribution in [2.75, 3.05) is 0 Å². The van der Waals surface area contributed by atoms with Crippen molar-refractivity contribution in [1.29, 1.82) is 0 Å². The number of aromatic nitrogens is 3. The molecule has 2 N–H and O–H groups in total. The quantitative estimate of drug-likeness (QED) is 0.336. The molecule has 1 amide bonds. The monoisotopic (exact) mass is 366 g/mol. The minimum Gasteiger partial charge on any atom is -0.288 e. The van der Waals surface area contributed by atoms with Crippen LogP contribution >= 0.6 is 0 Å². The second-order valence-electron chi connectivity index (χ2n) is 5.20. The van der Waals surface area contributed by atoms with E-state index in [1.165, 1.54) is 6.08 Å². The predicted octanol–water partition coefficient (Wildman–Crippen LogP) is 4.02. The van der Waals surface area contributed by atoms with E-state index in [1.807, 2.05) is 69.5 Å². The van der Waals surface area contributed by atoms with E-state index in [4.69, 9.17) is 5.21 Å². The van der Waals surface area contributed by atoms with Crippen molar-refractivity contribution in [3.05, 3.63) is 84.2 Å². The maximum Gasteiger partial charge on any atom is 0.267 e. The second kappa shape index (κ2) is 12.2. The Balaban J connectivity index is 0.00000176. The maximum atomic E-state index is 11.0. The van der Waals surface area contributed by atoms with Gasteiger partial charge in [-0.2, -0.15) is 0 Å². The molecule has 0 saturated carbocycles. The van der Waals surface area contributed by atoms with Gasteiger partial charge in [0.05, 0.1) is 12.7 Å². The van der Waals surface area contributed by atoms with E-state index in [-0.39, 0.29) is 0 Å². The zero-order valence-electron chi connectivity index (χ0n) is 16.0. The van der Waals surface area contributed by atoms with Crippen LogP contribution in [0.25, 0.3) is 11.6 Å². The van der Waals surface area contributed by atoms with E-state index < -0.39 is 5.91 Å². The summed E-state index contributed by atoms with van der Waals surface area (Å²) >= 11 is 0. The van der Waals surface area contributed by atoms with E-state index in [0.29, 0.717) is 6.54 Å². The topological polar surface area (TPSA) is 80.0 Å². The van der Waals surface area contributed by atoms with Crippen LogP contribution in [0.5, 0.6) is 0 Å². The number of amides is 1. The van der Waals surface area contributed by atoms with Gasteiger partial charge < -0.3 is 0 Å². The van der Waals surface area contributed by atoms with Gasteiger partial charge in [-0.3, -0.25) is 10.0 Å². The maximum absolute atomic E-state index is 11.0. The summed E-state index contributed by atoms with van der Waals surface area (Å²) in [4.78, 5) is 11.0. The average Bonchev–Trinajstić information content (AvgIpc) is 3.17. The number of rotatable bonds is 7. The summed E-state index contributed by atoms with van der Waals surface area (Å²) in [5.74, 6) is -0.566. The Morgan fingerprint density at radius 3 is 2.59 bits per heavy atom. The molecule has 0 aliphatic heterocycles. The molecule has 2 aromatic rings. The second-order valence-corrected chi connectivity index (χ2v) is 5.20. The Bertz CT molecular complexity index is 815. The molecule has 0 radical (unpaired) electrons. The van der Waals surface area contributed by atoms with Gasteiger partial charge >= 0.3 is 0 Å². The van der Waals surface area contributed by atoms with Crippen molar-refractivity contribution >= 4 is 17.6 Å². The first-order chi connectivity index (χ1) is 13.2. The van der Waals surface area contributed by atoms with Crippen molar-refractivity contribution in [2.45, 2.75) is 27.3 Å². The first-order valence-corrected chi connectivity index (χ1v) is 8.73. The molecule has 0 atom stereocenters. The highest BCUT2D eigenvalue weighted by Gasteiger charge is 2.04. The smallest absolute Gasteiger partial charge is 0.267 e. The molecule has 1 aromatic carbocycles. The van der Waals surface area contributed by atoms with E-state index in [9.17, 15) is 4.79 Å². The zero-order valence-corrected chi connectivity index (χ0v) is 16.0. The lowest BCUT2D eigenvalue weighted by Crippen LogP contribution is -2.14. The fourth-order valence-corrected chi connectivity index (χ4v) is 2.10. The van der Waals surface area contributed by atoms with Crippen LogP contribution in [-0.4, -0.2) is 26.1 Å². The van der Waals surface area contributed by atoms with Gasteiger partial charge in [-0.1, -0.05) is 74.2 Å². The summed E-state index contributed by atoms with van der Waals surface area (Å²) in [5, 5.41) is 16.8. The summed E-state index contributed by atoms with van der Waals surface area (Å²) in [6.45, 7) is 10.3. The molecular weight excluding hydrogens is 340 g/mol. The van der Waals surface area contributed by atoms with E-state index in [2.05, 4.69) is 16.9 Å². The van der Waals surface area contributed by atoms with Crippen molar-refractivity contribution in [2.24, 2.45) is 0 Å². The van der Waals surface area contributed by atoms with Gasteiger partial charge in [0.2, 0.25) is 0 Å². The molecule has 0 aliphatic carbocycles. The number of benzene rings is 1. The van der Waals surface area contributed by atoms with Gasteiger partial charge in [-0.15, -0.1) is 5.10 Å². The van der Waals surface area contributed by atoms with Crippen LogP contribution in [0, 0.1) is 0 Å². The first-order valence-electron chi connectivity index (χ1n) is 8.73. The third-order valence-corrected chi connectivity index (χ3v) is 3.38. The molecule has 1 aromatic heterocycles. The van der Waals surface area contributed by atoms with Crippen LogP contribution in [0.3, 0.4) is 0 Å². The molecule has 0 bridgehead atoms. The number of carbonyl (C=O) groups excluding carboxylic acids is 1. The van der Waals surface area contributed by atoms with Gasteiger partial charge in [0.1, 0.15) is 5.69 Å². The molecule has 27 heavy (non-hydrogen) atoms. The minimum absolute atomic E-state index is 0.566. The van der Waals surface area contributed by atoms with Crippen LogP contribution in [0.15, 0.2) is 67.4 Å². The SMILES string of the molecule is C=C/C(=C\C=C/C)c1cn(Cc2ccc(/C=C/C(=O)NO)cc2)nn1.CC. The molecule has 1 heterocycles. The van der Waals surface area contributed by atoms with Gasteiger partial charge in [-0.05, 0) is 24.1 Å². The van der Waals surface area contributed by atoms with Crippen LogP contribution in [0.1, 0.15) is 37.6 Å². The molecule has 0 fully saturated rings. The Kier molecular flexibility index (Phi) is 9.81. The minimum atomic E-state index is -0.566. The molecule has 6 nitrogen and oxygen atoms in total. The number of allylic oxidation sites excluding steroid dienone is 5. The van der Waals surface area contributed by atoms with Crippen molar-refractivity contribution in [1.82, 2.24) is 20.5 Å². The molecule has 0 aliphatic rings. The molecule has 2 rings (SSSR count). The largest absolute Gasteiger partial charge is 0.288 e. The number of hydrogen-bond acceptors (Lipinski definition) is 4. The molecule has 0 saturated heterocycles. The number of nitrogens with zero attached hydrogens (tertiary/aromatic N) is 3. The van der Waals surface area contributed by atoms with Gasteiger partial charge in [0.15, 0.2) is 0 Å². The predicted molar refractivity (Wildman–Crippen MR) is 109 cm³/mol. The third-order valence-electron chi connectivity index (χ3n) is 3.38. The Morgan fingerprint density at radius 1 is 1.30 bits per heavy atom. The summed E-state index contributed by atoms with van der Waals surface area (Å²) in [6, 6.07) is 7.66. The van der Waals surface area contributed by atoms with Crippen molar-refractivity contribution in [3.63, 3.8) is 0 Å². The molecular formula is C21H26N4O2. The zero-order chi connectivity index (χ0) is 20.1. The lowest BCUT2D eigenvalue weighted by molar-refractivity contribution is -0.124. The van der Waals surface area contributed by atoms with E-state index >= 15 is 0 Å². The number of carbonyl (C=O) groups is 1. The number of hydrogen-bond donors (Lipinski definition) is 2. The number of nitrogens with one attached hydrogen (secondary N) is 1. The van der Waals surface area contributed by atoms with Crippen LogP contribution in [-0.2, 0) is 11.3 Å². The van der Waals surface area contributed by atoms with Crippen LogP contribution in [0.4, 0.5) is 0 Å². The highest BCUT2D eigenvalue weighted by molar-refractivity contribution is 5.90. The van der Waals surface area contributed by atoms with E-state index in [0.717, 1.165) is 22.4 Å². The van der Waals surface area contributed by atoms with Crippen LogP contribution in [0.2, 0.25) is 0 Å². The highest BCUT2D eigenvalue weighted by Crippen LogP contribution is 2.13. The fraction of sp³-hybridized carbons (Fsp3) is 0.190. The van der Waals surface area contributed by atoms with Crippen molar-refractivity contribution < 1.29 is 10.0 Å². The summed E-state index contributed by atoms with van der Waals surface area (Å²) < 4.78 is 1.76. The lowest BCUT2D eigenvalue weighted by atomic mass is 10.1. The van der Waals surface area contributed by atoms with Gasteiger partial charge in [-0.25, -0.2) is 10.2 Å². The molecule has 142 valence electrons. The lowest BCUT2D eigenvalue weighted by Gasteiger charge is -2.01. The van der Waals surface area contributed by atoms with E-state index in [1.54, 1.807) is 22.3 Å².